The van der Waals surface area contributed by atoms with Crippen molar-refractivity contribution in [1.82, 2.24) is 5.32 Å². The number of amides is 1. The van der Waals surface area contributed by atoms with Crippen molar-refractivity contribution >= 4 is 6.09 Å². The van der Waals surface area contributed by atoms with Crippen molar-refractivity contribution in [3.63, 3.8) is 0 Å². The summed E-state index contributed by atoms with van der Waals surface area (Å²) in [6.45, 7) is 5.97. The van der Waals surface area contributed by atoms with Crippen molar-refractivity contribution in [3.8, 4) is 0 Å². The Hall–Kier alpha value is -1.13. The van der Waals surface area contributed by atoms with Crippen LogP contribution in [0.5, 0.6) is 0 Å². The van der Waals surface area contributed by atoms with Crippen molar-refractivity contribution in [2.45, 2.75) is 64.1 Å². The highest BCUT2D eigenvalue weighted by atomic mass is 16.5. The van der Waals surface area contributed by atoms with E-state index in [1.54, 1.807) is 0 Å². The molecular formula is C12H23N3O2. The third kappa shape index (κ3) is 4.71. The SMILES string of the molecule is COC(=O)NC1(/N=N/C(C)(C)C)CCCCC1. The molecule has 1 amide bonds. The van der Waals surface area contributed by atoms with E-state index in [-0.39, 0.29) is 5.54 Å². The highest BCUT2D eigenvalue weighted by molar-refractivity contribution is 5.68. The topological polar surface area (TPSA) is 63.0 Å². The first-order valence-electron chi connectivity index (χ1n) is 6.17. The number of rotatable bonds is 2. The lowest BCUT2D eigenvalue weighted by Gasteiger charge is -2.33. The molecule has 0 atom stereocenters. The van der Waals surface area contributed by atoms with Crippen LogP contribution in [0, 0.1) is 0 Å². The molecule has 0 spiro atoms. The van der Waals surface area contributed by atoms with E-state index in [9.17, 15) is 4.79 Å². The lowest BCUT2D eigenvalue weighted by Crippen LogP contribution is -2.48. The molecule has 5 nitrogen and oxygen atoms in total. The molecule has 0 aromatic heterocycles. The van der Waals surface area contributed by atoms with Gasteiger partial charge in [-0.3, -0.25) is 5.32 Å². The average molecular weight is 241 g/mol. The highest BCUT2D eigenvalue weighted by Gasteiger charge is 2.34. The number of hydrogen-bond donors (Lipinski definition) is 1. The van der Waals surface area contributed by atoms with E-state index in [0.717, 1.165) is 25.7 Å². The number of azo groups is 1. The van der Waals surface area contributed by atoms with Crippen LogP contribution in [0.3, 0.4) is 0 Å². The monoisotopic (exact) mass is 241 g/mol. The van der Waals surface area contributed by atoms with E-state index in [4.69, 9.17) is 0 Å². The summed E-state index contributed by atoms with van der Waals surface area (Å²) in [5.74, 6) is 0. The van der Waals surface area contributed by atoms with Crippen LogP contribution >= 0.6 is 0 Å². The molecule has 0 radical (unpaired) electrons. The summed E-state index contributed by atoms with van der Waals surface area (Å²) in [6, 6.07) is 0. The second-order valence-corrected chi connectivity index (χ2v) is 5.58. The Morgan fingerprint density at radius 1 is 1.24 bits per heavy atom. The molecule has 0 aliphatic heterocycles. The maximum absolute atomic E-state index is 11.4. The summed E-state index contributed by atoms with van der Waals surface area (Å²) in [6.07, 6.45) is 4.55. The van der Waals surface area contributed by atoms with Gasteiger partial charge in [-0.25, -0.2) is 4.79 Å². The van der Waals surface area contributed by atoms with Crippen LogP contribution in [0.2, 0.25) is 0 Å². The number of carbonyl (C=O) groups excluding carboxylic acids is 1. The first-order chi connectivity index (χ1) is 7.87. The molecular weight excluding hydrogens is 218 g/mol. The Bertz CT molecular complexity index is 289. The van der Waals surface area contributed by atoms with Gasteiger partial charge in [0.2, 0.25) is 0 Å². The predicted molar refractivity (Wildman–Crippen MR) is 66.0 cm³/mol. The lowest BCUT2D eigenvalue weighted by molar-refractivity contribution is 0.142. The van der Waals surface area contributed by atoms with Gasteiger partial charge in [0.25, 0.3) is 0 Å². The maximum atomic E-state index is 11.4. The van der Waals surface area contributed by atoms with Crippen molar-refractivity contribution < 1.29 is 9.53 Å². The van der Waals surface area contributed by atoms with Crippen LogP contribution in [0.25, 0.3) is 0 Å². The Morgan fingerprint density at radius 3 is 2.29 bits per heavy atom. The minimum Gasteiger partial charge on any atom is -0.453 e. The number of hydrogen-bond acceptors (Lipinski definition) is 4. The number of alkyl carbamates (subject to hydrolysis) is 1. The molecule has 0 heterocycles. The van der Waals surface area contributed by atoms with Gasteiger partial charge < -0.3 is 4.74 Å². The van der Waals surface area contributed by atoms with Crippen molar-refractivity contribution in [2.24, 2.45) is 10.2 Å². The molecule has 1 aliphatic rings. The number of nitrogens with one attached hydrogen (secondary N) is 1. The number of ether oxygens (including phenoxy) is 1. The molecule has 0 bridgehead atoms. The zero-order chi connectivity index (χ0) is 12.9. The van der Waals surface area contributed by atoms with Gasteiger partial charge >= 0.3 is 6.09 Å². The van der Waals surface area contributed by atoms with Gasteiger partial charge in [0, 0.05) is 0 Å². The fourth-order valence-corrected chi connectivity index (χ4v) is 1.87. The number of nitrogens with zero attached hydrogens (tertiary/aromatic N) is 2. The Morgan fingerprint density at radius 2 is 1.82 bits per heavy atom. The third-order valence-electron chi connectivity index (χ3n) is 2.74. The first-order valence-corrected chi connectivity index (χ1v) is 6.17. The third-order valence-corrected chi connectivity index (χ3v) is 2.74. The molecule has 0 unspecified atom stereocenters. The van der Waals surface area contributed by atoms with Crippen LogP contribution in [0.1, 0.15) is 52.9 Å². The van der Waals surface area contributed by atoms with E-state index in [0.29, 0.717) is 0 Å². The molecule has 5 heteroatoms. The Balaban J connectivity index is 2.78. The van der Waals surface area contributed by atoms with Crippen LogP contribution in [-0.2, 0) is 4.74 Å². The predicted octanol–water partition coefficient (Wildman–Crippen LogP) is 3.25. The van der Waals surface area contributed by atoms with Gasteiger partial charge in [0.05, 0.1) is 12.6 Å². The minimum atomic E-state index is -0.557. The summed E-state index contributed by atoms with van der Waals surface area (Å²) in [4.78, 5) is 11.4. The summed E-state index contributed by atoms with van der Waals surface area (Å²) in [5, 5.41) is 11.5. The maximum Gasteiger partial charge on any atom is 0.408 e. The first kappa shape index (κ1) is 13.9. The van der Waals surface area contributed by atoms with Gasteiger partial charge in [-0.05, 0) is 46.5 Å². The molecule has 0 saturated heterocycles. The molecule has 1 rings (SSSR count). The number of carbonyl (C=O) groups is 1. The van der Waals surface area contributed by atoms with Crippen molar-refractivity contribution in [1.29, 1.82) is 0 Å². The molecule has 0 aromatic carbocycles. The molecule has 1 N–H and O–H groups in total. The van der Waals surface area contributed by atoms with E-state index < -0.39 is 11.8 Å². The minimum absolute atomic E-state index is 0.220. The van der Waals surface area contributed by atoms with E-state index in [1.165, 1.54) is 13.5 Å². The van der Waals surface area contributed by atoms with Crippen LogP contribution < -0.4 is 5.32 Å². The number of methoxy groups -OCH3 is 1. The van der Waals surface area contributed by atoms with Gasteiger partial charge in [0.1, 0.15) is 0 Å². The fraction of sp³-hybridized carbons (Fsp3) is 0.917. The van der Waals surface area contributed by atoms with Crippen molar-refractivity contribution in [3.05, 3.63) is 0 Å². The zero-order valence-corrected chi connectivity index (χ0v) is 11.2. The summed E-state index contributed by atoms with van der Waals surface area (Å²) < 4.78 is 4.66. The van der Waals surface area contributed by atoms with Gasteiger partial charge in [-0.1, -0.05) is 6.42 Å². The summed E-state index contributed by atoms with van der Waals surface area (Å²) >= 11 is 0. The Labute approximate surface area is 103 Å². The molecule has 0 aromatic rings. The van der Waals surface area contributed by atoms with Crippen LogP contribution in [0.4, 0.5) is 4.79 Å². The lowest BCUT2D eigenvalue weighted by atomic mass is 9.90. The van der Waals surface area contributed by atoms with Crippen molar-refractivity contribution in [2.75, 3.05) is 7.11 Å². The highest BCUT2D eigenvalue weighted by Crippen LogP contribution is 2.30. The smallest absolute Gasteiger partial charge is 0.408 e. The van der Waals surface area contributed by atoms with Gasteiger partial charge in [-0.2, -0.15) is 10.2 Å². The average Bonchev–Trinajstić information content (AvgIpc) is 2.27. The van der Waals surface area contributed by atoms with Gasteiger partial charge in [-0.15, -0.1) is 0 Å². The zero-order valence-electron chi connectivity index (χ0n) is 11.2. The largest absolute Gasteiger partial charge is 0.453 e. The van der Waals surface area contributed by atoms with E-state index in [2.05, 4.69) is 20.3 Å². The summed E-state index contributed by atoms with van der Waals surface area (Å²) in [5.41, 5.74) is -0.777. The molecule has 1 fully saturated rings. The normalized spacial score (nSPS) is 20.2. The fourth-order valence-electron chi connectivity index (χ4n) is 1.87. The summed E-state index contributed by atoms with van der Waals surface area (Å²) in [7, 11) is 1.37. The van der Waals surface area contributed by atoms with E-state index in [1.807, 2.05) is 20.8 Å². The quantitative estimate of drug-likeness (QED) is 0.754. The van der Waals surface area contributed by atoms with Gasteiger partial charge in [0.15, 0.2) is 5.66 Å². The van der Waals surface area contributed by atoms with Crippen LogP contribution in [0.15, 0.2) is 10.2 Å². The van der Waals surface area contributed by atoms with E-state index >= 15 is 0 Å². The Kier molecular flexibility index (Phi) is 4.48. The van der Waals surface area contributed by atoms with Crippen LogP contribution in [-0.4, -0.2) is 24.4 Å². The second kappa shape index (κ2) is 5.47. The second-order valence-electron chi connectivity index (χ2n) is 5.58. The molecule has 17 heavy (non-hydrogen) atoms. The molecule has 1 saturated carbocycles. The molecule has 1 aliphatic carbocycles. The standard InChI is InChI=1S/C12H23N3O2/c1-11(2,3)14-15-12(13-10(16)17-4)8-6-5-7-9-12/h5-9H2,1-4H3,(H,13,16)/b15-14+. The molecule has 98 valence electrons.